The number of aromatic nitrogens is 2. The molecule has 1 N–H and O–H groups in total. The van der Waals surface area contributed by atoms with E-state index in [1.165, 1.54) is 12.1 Å². The van der Waals surface area contributed by atoms with E-state index >= 15 is 0 Å². The lowest BCUT2D eigenvalue weighted by atomic mass is 10.2. The first-order valence-corrected chi connectivity index (χ1v) is 6.11. The number of carboxylic acids is 1. The molecule has 2 heterocycles. The van der Waals surface area contributed by atoms with Gasteiger partial charge in [0.25, 0.3) is 5.89 Å². The van der Waals surface area contributed by atoms with Crippen molar-refractivity contribution in [3.05, 3.63) is 36.0 Å². The first-order chi connectivity index (χ1) is 9.63. The molecule has 0 amide bonds. The van der Waals surface area contributed by atoms with Crippen molar-refractivity contribution in [1.29, 1.82) is 0 Å². The van der Waals surface area contributed by atoms with Gasteiger partial charge in [0, 0.05) is 5.56 Å². The Kier molecular flexibility index (Phi) is 3.19. The van der Waals surface area contributed by atoms with Crippen LogP contribution in [0, 0.1) is 5.82 Å². The Morgan fingerprint density at radius 2 is 2.25 bits per heavy atom. The van der Waals surface area contributed by atoms with E-state index in [2.05, 4.69) is 10.1 Å². The molecule has 0 saturated carbocycles. The lowest BCUT2D eigenvalue weighted by Crippen LogP contribution is -2.18. The minimum absolute atomic E-state index is 0.216. The second-order valence-corrected chi connectivity index (χ2v) is 4.50. The molecule has 2 unspecified atom stereocenters. The van der Waals surface area contributed by atoms with Crippen molar-refractivity contribution in [1.82, 2.24) is 10.1 Å². The van der Waals surface area contributed by atoms with E-state index in [9.17, 15) is 9.18 Å². The Morgan fingerprint density at radius 3 is 2.95 bits per heavy atom. The van der Waals surface area contributed by atoms with E-state index in [0.29, 0.717) is 18.4 Å². The zero-order valence-electron chi connectivity index (χ0n) is 10.3. The Labute approximate surface area is 113 Å². The number of hydrogen-bond donors (Lipinski definition) is 1. The summed E-state index contributed by atoms with van der Waals surface area (Å²) in [5.74, 6) is -0.927. The standard InChI is InChI=1S/C13H11FN2O4/c14-8-3-1-2-7(6-8)11-15-12(20-16-11)9-4-5-10(19-9)13(17)18/h1-3,6,9-10H,4-5H2,(H,17,18). The molecule has 1 saturated heterocycles. The average Bonchev–Trinajstić information content (AvgIpc) is 3.08. The molecule has 20 heavy (non-hydrogen) atoms. The SMILES string of the molecule is O=C(O)C1CCC(c2nc(-c3cccc(F)c3)no2)O1. The number of aliphatic carboxylic acids is 1. The van der Waals surface area contributed by atoms with Crippen molar-refractivity contribution in [2.75, 3.05) is 0 Å². The molecule has 0 aliphatic carbocycles. The fraction of sp³-hybridized carbons (Fsp3) is 0.308. The molecule has 1 aromatic heterocycles. The summed E-state index contributed by atoms with van der Waals surface area (Å²) in [6.07, 6.45) is -0.463. The van der Waals surface area contributed by atoms with Gasteiger partial charge in [-0.2, -0.15) is 4.98 Å². The first-order valence-electron chi connectivity index (χ1n) is 6.11. The maximum Gasteiger partial charge on any atom is 0.332 e. The topological polar surface area (TPSA) is 85.5 Å². The Balaban J connectivity index is 1.79. The quantitative estimate of drug-likeness (QED) is 0.926. The minimum Gasteiger partial charge on any atom is -0.479 e. The number of halogens is 1. The molecule has 0 bridgehead atoms. The lowest BCUT2D eigenvalue weighted by molar-refractivity contribution is -0.150. The van der Waals surface area contributed by atoms with Gasteiger partial charge in [0.15, 0.2) is 6.10 Å². The predicted molar refractivity (Wildman–Crippen MR) is 64.2 cm³/mol. The average molecular weight is 278 g/mol. The third-order valence-electron chi connectivity index (χ3n) is 3.10. The van der Waals surface area contributed by atoms with Crippen LogP contribution in [0.5, 0.6) is 0 Å². The molecule has 1 aliphatic heterocycles. The van der Waals surface area contributed by atoms with Crippen LogP contribution >= 0.6 is 0 Å². The number of rotatable bonds is 3. The van der Waals surface area contributed by atoms with Crippen LogP contribution in [-0.2, 0) is 9.53 Å². The summed E-state index contributed by atoms with van der Waals surface area (Å²) >= 11 is 0. The molecular formula is C13H11FN2O4. The van der Waals surface area contributed by atoms with Crippen LogP contribution in [0.3, 0.4) is 0 Å². The van der Waals surface area contributed by atoms with Gasteiger partial charge in [-0.3, -0.25) is 0 Å². The van der Waals surface area contributed by atoms with Crippen molar-refractivity contribution in [2.45, 2.75) is 25.0 Å². The number of nitrogens with zero attached hydrogens (tertiary/aromatic N) is 2. The molecule has 2 aromatic rings. The number of carboxylic acid groups (broad SMARTS) is 1. The van der Waals surface area contributed by atoms with Crippen molar-refractivity contribution in [3.8, 4) is 11.4 Å². The van der Waals surface area contributed by atoms with Gasteiger partial charge in [-0.15, -0.1) is 0 Å². The van der Waals surface area contributed by atoms with Gasteiger partial charge in [-0.25, -0.2) is 9.18 Å². The van der Waals surface area contributed by atoms with Crippen LogP contribution in [0.15, 0.2) is 28.8 Å². The highest BCUT2D eigenvalue weighted by Gasteiger charge is 2.34. The van der Waals surface area contributed by atoms with E-state index in [4.69, 9.17) is 14.4 Å². The summed E-state index contributed by atoms with van der Waals surface area (Å²) in [5, 5.41) is 12.6. The van der Waals surface area contributed by atoms with Gasteiger partial charge in [0.2, 0.25) is 5.82 Å². The molecule has 104 valence electrons. The summed E-state index contributed by atoms with van der Waals surface area (Å²) in [5.41, 5.74) is 0.493. The normalized spacial score (nSPS) is 22.1. The Morgan fingerprint density at radius 1 is 1.40 bits per heavy atom. The summed E-state index contributed by atoms with van der Waals surface area (Å²) in [6, 6.07) is 5.83. The van der Waals surface area contributed by atoms with E-state index in [1.807, 2.05) is 0 Å². The van der Waals surface area contributed by atoms with Crippen LogP contribution in [0.25, 0.3) is 11.4 Å². The van der Waals surface area contributed by atoms with Crippen molar-refractivity contribution in [3.63, 3.8) is 0 Å². The number of carbonyl (C=O) groups is 1. The monoisotopic (exact) mass is 278 g/mol. The molecule has 0 spiro atoms. The van der Waals surface area contributed by atoms with Gasteiger partial charge in [-0.1, -0.05) is 17.3 Å². The third kappa shape index (κ3) is 2.39. The maximum atomic E-state index is 13.1. The molecule has 7 heteroatoms. The van der Waals surface area contributed by atoms with Crippen molar-refractivity contribution >= 4 is 5.97 Å². The fourth-order valence-electron chi connectivity index (χ4n) is 2.11. The van der Waals surface area contributed by atoms with E-state index in [1.54, 1.807) is 12.1 Å². The summed E-state index contributed by atoms with van der Waals surface area (Å²) in [4.78, 5) is 14.9. The van der Waals surface area contributed by atoms with Gasteiger partial charge in [0.05, 0.1) is 0 Å². The smallest absolute Gasteiger partial charge is 0.332 e. The van der Waals surface area contributed by atoms with E-state index in [-0.39, 0.29) is 11.7 Å². The zero-order chi connectivity index (χ0) is 14.1. The molecule has 1 aromatic carbocycles. The van der Waals surface area contributed by atoms with E-state index in [0.717, 1.165) is 0 Å². The van der Waals surface area contributed by atoms with Crippen LogP contribution in [0.4, 0.5) is 4.39 Å². The summed E-state index contributed by atoms with van der Waals surface area (Å²) in [7, 11) is 0. The van der Waals surface area contributed by atoms with Crippen molar-refractivity contribution in [2.24, 2.45) is 0 Å². The lowest BCUT2D eigenvalue weighted by Gasteiger charge is -2.05. The molecule has 2 atom stereocenters. The highest BCUT2D eigenvalue weighted by Crippen LogP contribution is 2.32. The van der Waals surface area contributed by atoms with Gasteiger partial charge in [0.1, 0.15) is 11.9 Å². The first kappa shape index (κ1) is 12.7. The second-order valence-electron chi connectivity index (χ2n) is 4.50. The summed E-state index contributed by atoms with van der Waals surface area (Å²) in [6.45, 7) is 0. The predicted octanol–water partition coefficient (Wildman–Crippen LogP) is 2.18. The highest BCUT2D eigenvalue weighted by atomic mass is 19.1. The largest absolute Gasteiger partial charge is 0.479 e. The third-order valence-corrected chi connectivity index (χ3v) is 3.10. The molecular weight excluding hydrogens is 267 g/mol. The number of hydrogen-bond acceptors (Lipinski definition) is 5. The molecule has 0 radical (unpaired) electrons. The number of ether oxygens (including phenoxy) is 1. The summed E-state index contributed by atoms with van der Waals surface area (Å²) < 4.78 is 23.5. The van der Waals surface area contributed by atoms with Crippen LogP contribution < -0.4 is 0 Å². The van der Waals surface area contributed by atoms with Gasteiger partial charge >= 0.3 is 5.97 Å². The Bertz CT molecular complexity index is 643. The number of benzene rings is 1. The Hall–Kier alpha value is -2.28. The zero-order valence-corrected chi connectivity index (χ0v) is 10.3. The second kappa shape index (κ2) is 5.01. The maximum absolute atomic E-state index is 13.1. The van der Waals surface area contributed by atoms with E-state index < -0.39 is 24.0 Å². The highest BCUT2D eigenvalue weighted by molar-refractivity contribution is 5.72. The molecule has 6 nitrogen and oxygen atoms in total. The van der Waals surface area contributed by atoms with Crippen LogP contribution in [0.1, 0.15) is 24.8 Å². The van der Waals surface area contributed by atoms with Crippen molar-refractivity contribution < 1.29 is 23.6 Å². The van der Waals surface area contributed by atoms with Crippen LogP contribution in [0.2, 0.25) is 0 Å². The molecule has 1 aliphatic rings. The van der Waals surface area contributed by atoms with Gasteiger partial charge < -0.3 is 14.4 Å². The fourth-order valence-corrected chi connectivity index (χ4v) is 2.11. The minimum atomic E-state index is -1.00. The molecule has 3 rings (SSSR count). The molecule has 1 fully saturated rings. The van der Waals surface area contributed by atoms with Crippen LogP contribution in [-0.4, -0.2) is 27.3 Å². The van der Waals surface area contributed by atoms with Gasteiger partial charge in [-0.05, 0) is 25.0 Å².